The molecule has 0 aromatic carbocycles. The van der Waals surface area contributed by atoms with Gasteiger partial charge in [0.25, 0.3) is 0 Å². The zero-order valence-corrected chi connectivity index (χ0v) is 13.6. The van der Waals surface area contributed by atoms with Crippen LogP contribution in [0.3, 0.4) is 0 Å². The van der Waals surface area contributed by atoms with Gasteiger partial charge in [0, 0.05) is 24.8 Å². The van der Waals surface area contributed by atoms with E-state index in [-0.39, 0.29) is 5.91 Å². The number of hydrogen-bond acceptors (Lipinski definition) is 3. The maximum atomic E-state index is 11.4. The molecule has 0 atom stereocenters. The van der Waals surface area contributed by atoms with E-state index >= 15 is 0 Å². The van der Waals surface area contributed by atoms with Gasteiger partial charge in [0.2, 0.25) is 5.91 Å². The average Bonchev–Trinajstić information content (AvgIpc) is 2.90. The minimum Gasteiger partial charge on any atom is -0.334 e. The van der Waals surface area contributed by atoms with Crippen LogP contribution in [0.15, 0.2) is 49.4 Å². The number of fused-ring (bicyclic) bond motifs is 1. The van der Waals surface area contributed by atoms with E-state index in [2.05, 4.69) is 33.7 Å². The highest BCUT2D eigenvalue weighted by Crippen LogP contribution is 2.21. The maximum absolute atomic E-state index is 11.4. The molecule has 0 aliphatic rings. The Morgan fingerprint density at radius 1 is 1.33 bits per heavy atom. The largest absolute Gasteiger partial charge is 0.334 e. The van der Waals surface area contributed by atoms with Gasteiger partial charge < -0.3 is 9.88 Å². The number of rotatable bonds is 2. The Morgan fingerprint density at radius 3 is 2.88 bits per heavy atom. The lowest BCUT2D eigenvalue weighted by Gasteiger charge is -2.02. The second-order valence-electron chi connectivity index (χ2n) is 5.05. The zero-order chi connectivity index (χ0) is 17.1. The number of aryl methyl sites for hydroxylation is 1. The van der Waals surface area contributed by atoms with Gasteiger partial charge in [-0.05, 0) is 30.2 Å². The quantitative estimate of drug-likeness (QED) is 0.577. The molecular weight excluding hydrogens is 324 g/mol. The molecule has 0 fully saturated rings. The molecule has 0 saturated heterocycles. The van der Waals surface area contributed by atoms with E-state index in [9.17, 15) is 4.79 Å². The van der Waals surface area contributed by atoms with E-state index < -0.39 is 0 Å². The van der Waals surface area contributed by atoms with Crippen molar-refractivity contribution >= 4 is 34.2 Å². The van der Waals surface area contributed by atoms with Gasteiger partial charge >= 0.3 is 0 Å². The van der Waals surface area contributed by atoms with Crippen LogP contribution in [0.5, 0.6) is 0 Å². The number of carbonyl (C=O) groups excluding carboxylic acids is 1. The first-order valence-corrected chi connectivity index (χ1v) is 7.46. The van der Waals surface area contributed by atoms with Gasteiger partial charge in [-0.25, -0.2) is 9.97 Å². The van der Waals surface area contributed by atoms with Crippen molar-refractivity contribution in [3.8, 4) is 11.8 Å². The number of anilines is 1. The fourth-order valence-electron chi connectivity index (χ4n) is 2.20. The first-order valence-electron chi connectivity index (χ1n) is 7.09. The summed E-state index contributed by atoms with van der Waals surface area (Å²) in [6.07, 6.45) is 6.25. The number of hydrogen-bond donors (Lipinski definition) is 1. The second kappa shape index (κ2) is 6.57. The van der Waals surface area contributed by atoms with Gasteiger partial charge in [0.1, 0.15) is 11.3 Å². The smallest absolute Gasteiger partial charge is 0.247 e. The summed E-state index contributed by atoms with van der Waals surface area (Å²) in [5.74, 6) is 5.80. The van der Waals surface area contributed by atoms with Crippen LogP contribution in [0.25, 0.3) is 11.0 Å². The molecule has 5 nitrogen and oxygen atoms in total. The number of carbonyl (C=O) groups is 1. The van der Waals surface area contributed by atoms with Crippen molar-refractivity contribution in [3.05, 3.63) is 65.7 Å². The molecule has 0 aliphatic heterocycles. The van der Waals surface area contributed by atoms with Crippen LogP contribution < -0.4 is 5.32 Å². The Bertz CT molecular complexity index is 994. The molecule has 0 saturated carbocycles. The van der Waals surface area contributed by atoms with E-state index in [4.69, 9.17) is 11.6 Å². The number of aromatic nitrogens is 3. The third-order valence-corrected chi connectivity index (χ3v) is 3.54. The lowest BCUT2D eigenvalue weighted by atomic mass is 10.2. The van der Waals surface area contributed by atoms with Gasteiger partial charge in [0.05, 0.1) is 22.5 Å². The van der Waals surface area contributed by atoms with E-state index in [0.29, 0.717) is 16.4 Å². The van der Waals surface area contributed by atoms with Gasteiger partial charge in [-0.3, -0.25) is 4.79 Å². The van der Waals surface area contributed by atoms with Crippen molar-refractivity contribution in [2.45, 2.75) is 0 Å². The van der Waals surface area contributed by atoms with Gasteiger partial charge in [-0.15, -0.1) is 0 Å². The van der Waals surface area contributed by atoms with Crippen molar-refractivity contribution < 1.29 is 4.79 Å². The van der Waals surface area contributed by atoms with Crippen LogP contribution in [-0.4, -0.2) is 20.4 Å². The normalized spacial score (nSPS) is 10.1. The highest BCUT2D eigenvalue weighted by Gasteiger charge is 2.08. The fourth-order valence-corrected chi connectivity index (χ4v) is 2.32. The summed E-state index contributed by atoms with van der Waals surface area (Å²) < 4.78 is 1.88. The van der Waals surface area contributed by atoms with Crippen molar-refractivity contribution in [2.24, 2.45) is 7.05 Å². The van der Waals surface area contributed by atoms with Crippen LogP contribution >= 0.6 is 11.6 Å². The molecule has 24 heavy (non-hydrogen) atoms. The summed E-state index contributed by atoms with van der Waals surface area (Å²) in [4.78, 5) is 20.0. The number of nitrogens with one attached hydrogen (secondary N) is 1. The molecule has 0 aliphatic carbocycles. The van der Waals surface area contributed by atoms with Gasteiger partial charge in [0.15, 0.2) is 0 Å². The lowest BCUT2D eigenvalue weighted by molar-refractivity contribution is -0.111. The molecule has 0 unspecified atom stereocenters. The number of nitrogens with zero attached hydrogens (tertiary/aromatic N) is 3. The van der Waals surface area contributed by atoms with Crippen LogP contribution in [0, 0.1) is 11.8 Å². The van der Waals surface area contributed by atoms with E-state index in [1.165, 1.54) is 6.08 Å². The first-order chi connectivity index (χ1) is 11.6. The molecule has 1 N–H and O–H groups in total. The number of amides is 1. The minimum absolute atomic E-state index is 0.287. The Labute approximate surface area is 144 Å². The summed E-state index contributed by atoms with van der Waals surface area (Å²) in [7, 11) is 1.89. The Hall–Kier alpha value is -3.10. The lowest BCUT2D eigenvalue weighted by Crippen LogP contribution is -2.07. The molecule has 3 heterocycles. The number of pyridine rings is 2. The predicted molar refractivity (Wildman–Crippen MR) is 94.8 cm³/mol. The Balaban J connectivity index is 2.01. The first kappa shape index (κ1) is 15.8. The highest BCUT2D eigenvalue weighted by molar-refractivity contribution is 6.30. The van der Waals surface area contributed by atoms with Crippen LogP contribution in [0.4, 0.5) is 5.69 Å². The SMILES string of the molecule is C=CC(=O)Nc1cnc2c(c1)c(C#Cc1ccc(Cl)cn1)cn2C. The second-order valence-corrected chi connectivity index (χ2v) is 5.49. The zero-order valence-electron chi connectivity index (χ0n) is 12.9. The van der Waals surface area contributed by atoms with Crippen molar-refractivity contribution in [3.63, 3.8) is 0 Å². The minimum atomic E-state index is -0.287. The summed E-state index contributed by atoms with van der Waals surface area (Å²) in [5.41, 5.74) is 2.79. The van der Waals surface area contributed by atoms with Gasteiger partial charge in [-0.2, -0.15) is 0 Å². The molecular formula is C18H13ClN4O. The highest BCUT2D eigenvalue weighted by atomic mass is 35.5. The van der Waals surface area contributed by atoms with Crippen LogP contribution in [-0.2, 0) is 11.8 Å². The standard InChI is InChI=1S/C18H13ClN4O/c1-3-17(24)22-15-8-16-12(11-23(2)18(16)21-10-15)4-6-14-7-5-13(19)9-20-14/h3,5,7-11H,1H2,2H3,(H,22,24). The van der Waals surface area contributed by atoms with Crippen molar-refractivity contribution in [1.29, 1.82) is 0 Å². The number of halogens is 1. The van der Waals surface area contributed by atoms with E-state index in [1.807, 2.05) is 23.9 Å². The molecule has 118 valence electrons. The van der Waals surface area contributed by atoms with E-state index in [1.54, 1.807) is 24.5 Å². The molecule has 6 heteroatoms. The third kappa shape index (κ3) is 3.29. The Kier molecular flexibility index (Phi) is 4.32. The summed E-state index contributed by atoms with van der Waals surface area (Å²) in [5, 5.41) is 4.11. The Morgan fingerprint density at radius 2 is 2.17 bits per heavy atom. The molecule has 0 spiro atoms. The molecule has 3 rings (SSSR count). The van der Waals surface area contributed by atoms with Crippen LogP contribution in [0.1, 0.15) is 11.3 Å². The van der Waals surface area contributed by atoms with Crippen molar-refractivity contribution in [2.75, 3.05) is 5.32 Å². The fraction of sp³-hybridized carbons (Fsp3) is 0.0556. The van der Waals surface area contributed by atoms with Gasteiger partial charge in [-0.1, -0.05) is 24.1 Å². The average molecular weight is 337 g/mol. The van der Waals surface area contributed by atoms with E-state index in [0.717, 1.165) is 16.6 Å². The topological polar surface area (TPSA) is 59.8 Å². The monoisotopic (exact) mass is 336 g/mol. The summed E-state index contributed by atoms with van der Waals surface area (Å²) in [6.45, 7) is 3.43. The maximum Gasteiger partial charge on any atom is 0.247 e. The summed E-state index contributed by atoms with van der Waals surface area (Å²) in [6, 6.07) is 5.34. The van der Waals surface area contributed by atoms with Crippen molar-refractivity contribution in [1.82, 2.24) is 14.5 Å². The third-order valence-electron chi connectivity index (χ3n) is 3.32. The summed E-state index contributed by atoms with van der Waals surface area (Å²) >= 11 is 5.82. The molecule has 1 amide bonds. The molecule has 0 radical (unpaired) electrons. The predicted octanol–water partition coefficient (Wildman–Crippen LogP) is 3.15. The molecule has 3 aromatic rings. The molecule has 0 bridgehead atoms. The van der Waals surface area contributed by atoms with Crippen LogP contribution in [0.2, 0.25) is 5.02 Å². The molecule has 3 aromatic heterocycles.